The van der Waals surface area contributed by atoms with Gasteiger partial charge in [0, 0.05) is 37.2 Å². The van der Waals surface area contributed by atoms with Gasteiger partial charge in [-0.05, 0) is 43.8 Å². The smallest absolute Gasteiger partial charge is 0.125 e. The molecule has 0 saturated carbocycles. The van der Waals surface area contributed by atoms with Gasteiger partial charge in [0.25, 0.3) is 0 Å². The van der Waals surface area contributed by atoms with Gasteiger partial charge < -0.3 is 10.6 Å². The summed E-state index contributed by atoms with van der Waals surface area (Å²) in [6.45, 7) is 4.52. The molecule has 0 bridgehead atoms. The van der Waals surface area contributed by atoms with Crippen molar-refractivity contribution in [3.63, 3.8) is 0 Å². The fraction of sp³-hybridized carbons (Fsp3) is 0.571. The molecule has 0 spiro atoms. The van der Waals surface area contributed by atoms with E-state index in [0.717, 1.165) is 38.2 Å². The molecule has 0 radical (unpaired) electrons. The van der Waals surface area contributed by atoms with Crippen LogP contribution in [0.3, 0.4) is 0 Å². The topological polar surface area (TPSA) is 32.5 Å². The first-order chi connectivity index (χ1) is 9.10. The summed E-state index contributed by atoms with van der Waals surface area (Å²) in [6, 6.07) is 4.73. The van der Waals surface area contributed by atoms with E-state index in [2.05, 4.69) is 16.8 Å². The average molecular weight is 286 g/mol. The van der Waals surface area contributed by atoms with Gasteiger partial charge in [-0.2, -0.15) is 0 Å². The first-order valence-corrected chi connectivity index (χ1v) is 7.06. The Morgan fingerprint density at radius 3 is 2.74 bits per heavy atom. The van der Waals surface area contributed by atoms with E-state index in [4.69, 9.17) is 17.3 Å². The number of likely N-dealkylation sites (N-methyl/N-ethyl adjacent to an activating group) is 1. The van der Waals surface area contributed by atoms with Crippen molar-refractivity contribution >= 4 is 11.6 Å². The molecule has 1 fully saturated rings. The molecule has 1 saturated heterocycles. The van der Waals surface area contributed by atoms with E-state index in [1.165, 1.54) is 12.1 Å². The van der Waals surface area contributed by atoms with E-state index >= 15 is 0 Å². The molecule has 1 aliphatic rings. The first kappa shape index (κ1) is 14.7. The summed E-state index contributed by atoms with van der Waals surface area (Å²) in [7, 11) is 2.13. The number of rotatable bonds is 3. The van der Waals surface area contributed by atoms with Crippen molar-refractivity contribution in [2.24, 2.45) is 5.73 Å². The normalized spacial score (nSPS) is 20.2. The Balaban J connectivity index is 2.18. The summed E-state index contributed by atoms with van der Waals surface area (Å²) in [5.74, 6) is -0.298. The zero-order valence-electron chi connectivity index (χ0n) is 11.3. The van der Waals surface area contributed by atoms with Gasteiger partial charge in [0.2, 0.25) is 0 Å². The van der Waals surface area contributed by atoms with Crippen LogP contribution in [0.1, 0.15) is 18.0 Å². The molecule has 0 amide bonds. The molecule has 1 aromatic rings. The molecular formula is C14H21ClFN3. The number of halogens is 2. The highest BCUT2D eigenvalue weighted by molar-refractivity contribution is 6.30. The summed E-state index contributed by atoms with van der Waals surface area (Å²) in [6.07, 6.45) is 1.11. The van der Waals surface area contributed by atoms with E-state index in [1.807, 2.05) is 6.07 Å². The lowest BCUT2D eigenvalue weighted by Crippen LogP contribution is -2.36. The number of nitrogens with zero attached hydrogens (tertiary/aromatic N) is 2. The fourth-order valence-corrected chi connectivity index (χ4v) is 2.87. The SMILES string of the molecule is CN1CCCN(C(CN)c2cc(F)cc(Cl)c2)CC1. The average Bonchev–Trinajstić information content (AvgIpc) is 2.54. The molecule has 19 heavy (non-hydrogen) atoms. The van der Waals surface area contributed by atoms with E-state index in [-0.39, 0.29) is 11.9 Å². The minimum absolute atomic E-state index is 0.0414. The van der Waals surface area contributed by atoms with Crippen molar-refractivity contribution < 1.29 is 4.39 Å². The Hall–Kier alpha value is -0.680. The predicted octanol–water partition coefficient (Wildman–Crippen LogP) is 2.12. The molecule has 1 heterocycles. The second-order valence-corrected chi connectivity index (χ2v) is 5.58. The van der Waals surface area contributed by atoms with E-state index in [1.54, 1.807) is 0 Å². The minimum Gasteiger partial charge on any atom is -0.329 e. The third-order valence-electron chi connectivity index (χ3n) is 3.69. The molecular weight excluding hydrogens is 265 g/mol. The second kappa shape index (κ2) is 6.66. The van der Waals surface area contributed by atoms with Crippen LogP contribution in [0.25, 0.3) is 0 Å². The minimum atomic E-state index is -0.298. The molecule has 2 N–H and O–H groups in total. The Bertz CT molecular complexity index is 407. The third-order valence-corrected chi connectivity index (χ3v) is 3.91. The predicted molar refractivity (Wildman–Crippen MR) is 76.9 cm³/mol. The van der Waals surface area contributed by atoms with Crippen LogP contribution in [0.4, 0.5) is 4.39 Å². The van der Waals surface area contributed by atoms with Gasteiger partial charge in [-0.1, -0.05) is 11.6 Å². The number of hydrogen-bond acceptors (Lipinski definition) is 3. The number of hydrogen-bond donors (Lipinski definition) is 1. The third kappa shape index (κ3) is 3.89. The van der Waals surface area contributed by atoms with Gasteiger partial charge in [-0.25, -0.2) is 4.39 Å². The van der Waals surface area contributed by atoms with Gasteiger partial charge in [-0.15, -0.1) is 0 Å². The molecule has 1 atom stereocenters. The molecule has 0 aromatic heterocycles. The lowest BCUT2D eigenvalue weighted by atomic mass is 10.0. The van der Waals surface area contributed by atoms with E-state index < -0.39 is 0 Å². The van der Waals surface area contributed by atoms with Crippen LogP contribution in [0.2, 0.25) is 5.02 Å². The molecule has 1 aliphatic heterocycles. The van der Waals surface area contributed by atoms with E-state index in [0.29, 0.717) is 11.6 Å². The maximum Gasteiger partial charge on any atom is 0.125 e. The maximum atomic E-state index is 13.5. The largest absolute Gasteiger partial charge is 0.329 e. The molecule has 1 unspecified atom stereocenters. The van der Waals surface area contributed by atoms with Crippen molar-refractivity contribution in [3.05, 3.63) is 34.6 Å². The van der Waals surface area contributed by atoms with Crippen LogP contribution < -0.4 is 5.73 Å². The van der Waals surface area contributed by atoms with Crippen molar-refractivity contribution in [1.29, 1.82) is 0 Å². The summed E-state index contributed by atoms with van der Waals surface area (Å²) in [4.78, 5) is 4.64. The number of nitrogens with two attached hydrogens (primary N) is 1. The van der Waals surface area contributed by atoms with Crippen LogP contribution in [0, 0.1) is 5.82 Å². The monoisotopic (exact) mass is 285 g/mol. The summed E-state index contributed by atoms with van der Waals surface area (Å²) < 4.78 is 13.5. The van der Waals surface area contributed by atoms with Crippen LogP contribution in [0.15, 0.2) is 18.2 Å². The zero-order valence-corrected chi connectivity index (χ0v) is 12.0. The van der Waals surface area contributed by atoms with Crippen LogP contribution in [-0.4, -0.2) is 49.6 Å². The van der Waals surface area contributed by atoms with Crippen LogP contribution in [-0.2, 0) is 0 Å². The summed E-state index contributed by atoms with van der Waals surface area (Å²) in [5, 5.41) is 0.431. The molecule has 106 valence electrons. The zero-order chi connectivity index (χ0) is 13.8. The van der Waals surface area contributed by atoms with E-state index in [9.17, 15) is 4.39 Å². The van der Waals surface area contributed by atoms with Gasteiger partial charge in [0.05, 0.1) is 0 Å². The Morgan fingerprint density at radius 1 is 1.26 bits per heavy atom. The van der Waals surface area contributed by atoms with Crippen LogP contribution >= 0.6 is 11.6 Å². The molecule has 3 nitrogen and oxygen atoms in total. The van der Waals surface area contributed by atoms with Gasteiger partial charge in [-0.3, -0.25) is 4.90 Å². The van der Waals surface area contributed by atoms with Gasteiger partial charge in [0.15, 0.2) is 0 Å². The molecule has 1 aromatic carbocycles. The highest BCUT2D eigenvalue weighted by Gasteiger charge is 2.22. The number of benzene rings is 1. The summed E-state index contributed by atoms with van der Waals surface area (Å²) >= 11 is 5.94. The maximum absolute atomic E-state index is 13.5. The molecule has 2 rings (SSSR count). The lowest BCUT2D eigenvalue weighted by Gasteiger charge is -2.30. The lowest BCUT2D eigenvalue weighted by molar-refractivity contribution is 0.207. The second-order valence-electron chi connectivity index (χ2n) is 5.15. The van der Waals surface area contributed by atoms with Crippen molar-refractivity contribution in [2.75, 3.05) is 39.8 Å². The van der Waals surface area contributed by atoms with Crippen molar-refractivity contribution in [2.45, 2.75) is 12.5 Å². The highest BCUT2D eigenvalue weighted by atomic mass is 35.5. The Morgan fingerprint density at radius 2 is 2.05 bits per heavy atom. The highest BCUT2D eigenvalue weighted by Crippen LogP contribution is 2.25. The van der Waals surface area contributed by atoms with Gasteiger partial charge in [0.1, 0.15) is 5.82 Å². The van der Waals surface area contributed by atoms with Crippen molar-refractivity contribution in [3.8, 4) is 0 Å². The van der Waals surface area contributed by atoms with Crippen molar-refractivity contribution in [1.82, 2.24) is 9.80 Å². The molecule has 0 aliphatic carbocycles. The summed E-state index contributed by atoms with van der Waals surface area (Å²) in [5.41, 5.74) is 6.77. The molecule has 5 heteroatoms. The van der Waals surface area contributed by atoms with Crippen LogP contribution in [0.5, 0.6) is 0 Å². The fourth-order valence-electron chi connectivity index (χ4n) is 2.64. The standard InChI is InChI=1S/C14H21ClFN3/c1-18-3-2-4-19(6-5-18)14(10-17)11-7-12(15)9-13(16)8-11/h7-9,14H,2-6,10,17H2,1H3. The Kier molecular flexibility index (Phi) is 5.16. The first-order valence-electron chi connectivity index (χ1n) is 6.69. The Labute approximate surface area is 119 Å². The van der Waals surface area contributed by atoms with Gasteiger partial charge >= 0.3 is 0 Å². The quantitative estimate of drug-likeness (QED) is 0.923.